The van der Waals surface area contributed by atoms with Crippen LogP contribution < -0.4 is 10.6 Å². The summed E-state index contributed by atoms with van der Waals surface area (Å²) in [4.78, 5) is 17.8. The molecule has 2 rings (SSSR count). The number of amides is 1. The SMILES string of the molecule is CCCCNC(=NCC(=O)N(C)C)NCC1(c2cccc(Cl)c2)CC1.I. The lowest BCUT2D eigenvalue weighted by molar-refractivity contribution is -0.127. The molecule has 5 nitrogen and oxygen atoms in total. The molecule has 1 amide bonds. The number of benzene rings is 1. The van der Waals surface area contributed by atoms with Gasteiger partial charge in [-0.25, -0.2) is 4.99 Å². The van der Waals surface area contributed by atoms with Crippen LogP contribution in [0.15, 0.2) is 29.3 Å². The van der Waals surface area contributed by atoms with Crippen molar-refractivity contribution >= 4 is 47.4 Å². The zero-order chi connectivity index (χ0) is 18.3. The number of guanidine groups is 1. The van der Waals surface area contributed by atoms with E-state index in [0.29, 0.717) is 5.96 Å². The van der Waals surface area contributed by atoms with Crippen LogP contribution in [0.4, 0.5) is 0 Å². The summed E-state index contributed by atoms with van der Waals surface area (Å²) < 4.78 is 0. The number of hydrogen-bond acceptors (Lipinski definition) is 2. The van der Waals surface area contributed by atoms with E-state index in [2.05, 4.69) is 28.6 Å². The molecule has 0 spiro atoms. The third kappa shape index (κ3) is 6.95. The van der Waals surface area contributed by atoms with Crippen LogP contribution in [-0.2, 0) is 10.2 Å². The lowest BCUT2D eigenvalue weighted by Gasteiger charge is -2.20. The fourth-order valence-corrected chi connectivity index (χ4v) is 2.83. The molecule has 0 radical (unpaired) electrons. The Kier molecular flexibility index (Phi) is 9.71. The zero-order valence-electron chi connectivity index (χ0n) is 15.8. The molecule has 0 atom stereocenters. The number of rotatable bonds is 8. The van der Waals surface area contributed by atoms with E-state index in [4.69, 9.17) is 11.6 Å². The third-order valence-corrected chi connectivity index (χ3v) is 4.81. The predicted molar refractivity (Wildman–Crippen MR) is 120 cm³/mol. The Balaban J connectivity index is 0.00000338. The van der Waals surface area contributed by atoms with E-state index in [1.165, 1.54) is 5.56 Å². The van der Waals surface area contributed by atoms with Gasteiger partial charge < -0.3 is 15.5 Å². The summed E-state index contributed by atoms with van der Waals surface area (Å²) in [6.45, 7) is 3.95. The summed E-state index contributed by atoms with van der Waals surface area (Å²) in [6.07, 6.45) is 4.46. The van der Waals surface area contributed by atoms with Crippen molar-refractivity contribution < 1.29 is 4.79 Å². The highest BCUT2D eigenvalue weighted by Crippen LogP contribution is 2.48. The van der Waals surface area contributed by atoms with Crippen molar-refractivity contribution in [3.63, 3.8) is 0 Å². The second kappa shape index (κ2) is 11.0. The average molecular weight is 493 g/mol. The quantitative estimate of drug-likeness (QED) is 0.253. The summed E-state index contributed by atoms with van der Waals surface area (Å²) in [5.41, 5.74) is 1.40. The Labute approximate surface area is 179 Å². The van der Waals surface area contributed by atoms with Gasteiger partial charge in [-0.05, 0) is 37.0 Å². The summed E-state index contributed by atoms with van der Waals surface area (Å²) in [6, 6.07) is 8.09. The van der Waals surface area contributed by atoms with Crippen LogP contribution in [0.5, 0.6) is 0 Å². The number of aliphatic imine (C=N–C) groups is 1. The highest BCUT2D eigenvalue weighted by atomic mass is 127. The molecule has 0 aromatic heterocycles. The van der Waals surface area contributed by atoms with Crippen molar-refractivity contribution in [1.29, 1.82) is 0 Å². The van der Waals surface area contributed by atoms with Gasteiger partial charge >= 0.3 is 0 Å². The van der Waals surface area contributed by atoms with Crippen molar-refractivity contribution in [2.24, 2.45) is 4.99 Å². The minimum atomic E-state index is -0.00688. The molecule has 0 saturated heterocycles. The number of carbonyl (C=O) groups is 1. The molecule has 0 bridgehead atoms. The van der Waals surface area contributed by atoms with E-state index in [9.17, 15) is 4.79 Å². The van der Waals surface area contributed by atoms with Crippen LogP contribution in [0.2, 0.25) is 5.02 Å². The van der Waals surface area contributed by atoms with Gasteiger partial charge in [-0.3, -0.25) is 4.79 Å². The van der Waals surface area contributed by atoms with Crippen LogP contribution in [0, 0.1) is 0 Å². The molecule has 1 fully saturated rings. The first-order valence-corrected chi connectivity index (χ1v) is 9.33. The first-order chi connectivity index (χ1) is 12.0. The Morgan fingerprint density at radius 1 is 1.31 bits per heavy atom. The predicted octanol–water partition coefficient (Wildman–Crippen LogP) is 3.41. The van der Waals surface area contributed by atoms with Gasteiger partial charge in [0.2, 0.25) is 5.91 Å². The van der Waals surface area contributed by atoms with E-state index in [-0.39, 0.29) is 41.8 Å². The molecule has 7 heteroatoms. The van der Waals surface area contributed by atoms with Gasteiger partial charge in [-0.15, -0.1) is 24.0 Å². The van der Waals surface area contributed by atoms with Gasteiger partial charge in [-0.1, -0.05) is 37.1 Å². The maximum atomic E-state index is 11.8. The van der Waals surface area contributed by atoms with Crippen molar-refractivity contribution in [2.45, 2.75) is 38.0 Å². The highest BCUT2D eigenvalue weighted by Gasteiger charge is 2.44. The van der Waals surface area contributed by atoms with Crippen LogP contribution in [-0.4, -0.2) is 50.5 Å². The van der Waals surface area contributed by atoms with Gasteiger partial charge in [0.05, 0.1) is 0 Å². The summed E-state index contributed by atoms with van der Waals surface area (Å²) in [5, 5.41) is 7.51. The summed E-state index contributed by atoms with van der Waals surface area (Å²) in [7, 11) is 3.49. The van der Waals surface area contributed by atoms with Crippen molar-refractivity contribution in [3.05, 3.63) is 34.9 Å². The summed E-state index contributed by atoms with van der Waals surface area (Å²) in [5.74, 6) is 0.699. The molecular weight excluding hydrogens is 463 g/mol. The third-order valence-electron chi connectivity index (χ3n) is 4.58. The Hall–Kier alpha value is -1.02. The maximum Gasteiger partial charge on any atom is 0.243 e. The molecule has 0 heterocycles. The first-order valence-electron chi connectivity index (χ1n) is 8.95. The van der Waals surface area contributed by atoms with Gasteiger partial charge in [0, 0.05) is 37.6 Å². The zero-order valence-corrected chi connectivity index (χ0v) is 18.9. The van der Waals surface area contributed by atoms with Crippen LogP contribution in [0.25, 0.3) is 0 Å². The fraction of sp³-hybridized carbons (Fsp3) is 0.579. The number of nitrogens with zero attached hydrogens (tertiary/aromatic N) is 2. The molecule has 146 valence electrons. The van der Waals surface area contributed by atoms with Gasteiger partial charge in [-0.2, -0.15) is 0 Å². The van der Waals surface area contributed by atoms with Gasteiger partial charge in [0.1, 0.15) is 6.54 Å². The number of carbonyl (C=O) groups excluding carboxylic acids is 1. The van der Waals surface area contributed by atoms with Gasteiger partial charge in [0.25, 0.3) is 0 Å². The van der Waals surface area contributed by atoms with Crippen molar-refractivity contribution in [2.75, 3.05) is 33.7 Å². The average Bonchev–Trinajstić information content (AvgIpc) is 3.37. The lowest BCUT2D eigenvalue weighted by Crippen LogP contribution is -2.42. The van der Waals surface area contributed by atoms with Crippen LogP contribution in [0.1, 0.15) is 38.2 Å². The molecule has 0 aliphatic heterocycles. The van der Waals surface area contributed by atoms with E-state index in [0.717, 1.165) is 43.8 Å². The minimum Gasteiger partial charge on any atom is -0.356 e. The maximum absolute atomic E-state index is 11.8. The minimum absolute atomic E-state index is 0. The second-order valence-electron chi connectivity index (χ2n) is 6.88. The van der Waals surface area contributed by atoms with Crippen molar-refractivity contribution in [3.8, 4) is 0 Å². The molecule has 1 saturated carbocycles. The monoisotopic (exact) mass is 492 g/mol. The number of unbranched alkanes of at least 4 members (excludes halogenated alkanes) is 1. The number of halogens is 2. The fourth-order valence-electron chi connectivity index (χ4n) is 2.64. The Morgan fingerprint density at radius 2 is 2.04 bits per heavy atom. The van der Waals surface area contributed by atoms with Gasteiger partial charge in [0.15, 0.2) is 5.96 Å². The standard InChI is InChI=1S/C19H29ClN4O.HI/c1-4-5-11-21-18(22-13-17(25)24(2)3)23-14-19(9-10-19)15-7-6-8-16(20)12-15;/h6-8,12H,4-5,9-11,13-14H2,1-3H3,(H2,21,22,23);1H. The van der Waals surface area contributed by atoms with Crippen LogP contribution in [0.3, 0.4) is 0 Å². The number of hydrogen-bond donors (Lipinski definition) is 2. The molecule has 0 unspecified atom stereocenters. The number of likely N-dealkylation sites (N-methyl/N-ethyl adjacent to an activating group) is 1. The lowest BCUT2D eigenvalue weighted by atomic mass is 9.96. The van der Waals surface area contributed by atoms with Crippen molar-refractivity contribution in [1.82, 2.24) is 15.5 Å². The van der Waals surface area contributed by atoms with Crippen LogP contribution >= 0.6 is 35.6 Å². The molecule has 1 aromatic carbocycles. The first kappa shape index (κ1) is 23.0. The molecule has 1 aromatic rings. The Bertz CT molecular complexity index is 617. The normalized spacial score (nSPS) is 15.0. The highest BCUT2D eigenvalue weighted by molar-refractivity contribution is 14.0. The smallest absolute Gasteiger partial charge is 0.243 e. The summed E-state index contributed by atoms with van der Waals surface area (Å²) >= 11 is 6.14. The largest absolute Gasteiger partial charge is 0.356 e. The van der Waals surface area contributed by atoms with E-state index < -0.39 is 0 Å². The topological polar surface area (TPSA) is 56.7 Å². The van der Waals surface area contributed by atoms with E-state index >= 15 is 0 Å². The molecular formula is C19H30ClIN4O. The Morgan fingerprint density at radius 3 is 2.62 bits per heavy atom. The molecule has 1 aliphatic carbocycles. The molecule has 1 aliphatic rings. The van der Waals surface area contributed by atoms with E-state index in [1.807, 2.05) is 18.2 Å². The molecule has 26 heavy (non-hydrogen) atoms. The second-order valence-corrected chi connectivity index (χ2v) is 7.31. The molecule has 2 N–H and O–H groups in total. The number of nitrogens with one attached hydrogen (secondary N) is 2. The van der Waals surface area contributed by atoms with E-state index in [1.54, 1.807) is 19.0 Å².